The number of carbonyl (C=O) groups excluding carboxylic acids is 2. The summed E-state index contributed by atoms with van der Waals surface area (Å²) in [5.41, 5.74) is 0. The van der Waals surface area contributed by atoms with Crippen LogP contribution in [0.4, 0.5) is 0 Å². The van der Waals surface area contributed by atoms with Gasteiger partial charge in [-0.2, -0.15) is 0 Å². The summed E-state index contributed by atoms with van der Waals surface area (Å²) in [6.07, 6.45) is 4.62. The molecule has 0 aromatic carbocycles. The first-order valence-corrected chi connectivity index (χ1v) is 4.62. The number of imide groups is 1. The number of ether oxygens (including phenoxy) is 1. The minimum absolute atomic E-state index is 0.441. The smallest absolute Gasteiger partial charge is 0.278 e. The Morgan fingerprint density at radius 3 is 2.57 bits per heavy atom. The van der Waals surface area contributed by atoms with Crippen LogP contribution in [0.5, 0.6) is 0 Å². The molecule has 0 aromatic heterocycles. The predicted octanol–water partition coefficient (Wildman–Crippen LogP) is 0.370. The molecular weight excluding hydrogens is 186 g/mol. The van der Waals surface area contributed by atoms with Gasteiger partial charge < -0.3 is 4.74 Å². The highest BCUT2D eigenvalue weighted by atomic mass is 16.8. The Kier molecular flexibility index (Phi) is 2.60. The van der Waals surface area contributed by atoms with Crippen molar-refractivity contribution < 1.29 is 19.2 Å². The summed E-state index contributed by atoms with van der Waals surface area (Å²) in [5, 5.41) is 0.746. The Morgan fingerprint density at radius 2 is 2.00 bits per heavy atom. The summed E-state index contributed by atoms with van der Waals surface area (Å²) in [7, 11) is 0. The number of nitrogens with zero attached hydrogens (tertiary/aromatic N) is 1. The van der Waals surface area contributed by atoms with Crippen molar-refractivity contribution in [3.8, 4) is 0 Å². The Hall–Kier alpha value is -1.20. The monoisotopic (exact) mass is 197 g/mol. The van der Waals surface area contributed by atoms with Crippen LogP contribution in [0.25, 0.3) is 0 Å². The van der Waals surface area contributed by atoms with E-state index in [4.69, 9.17) is 9.57 Å². The minimum atomic E-state index is -0.462. The summed E-state index contributed by atoms with van der Waals surface area (Å²) in [6, 6.07) is 0. The molecule has 1 atom stereocenters. The van der Waals surface area contributed by atoms with E-state index >= 15 is 0 Å². The largest absolute Gasteiger partial charge is 0.350 e. The summed E-state index contributed by atoms with van der Waals surface area (Å²) < 4.78 is 5.24. The molecule has 0 bridgehead atoms. The van der Waals surface area contributed by atoms with Gasteiger partial charge in [-0.1, -0.05) is 0 Å². The van der Waals surface area contributed by atoms with Gasteiger partial charge in [-0.05, 0) is 12.8 Å². The van der Waals surface area contributed by atoms with Gasteiger partial charge in [-0.25, -0.2) is 4.84 Å². The van der Waals surface area contributed by atoms with E-state index in [9.17, 15) is 9.59 Å². The van der Waals surface area contributed by atoms with E-state index < -0.39 is 18.1 Å². The van der Waals surface area contributed by atoms with Crippen LogP contribution in [-0.4, -0.2) is 29.8 Å². The zero-order chi connectivity index (χ0) is 9.97. The molecule has 0 spiro atoms. The first-order valence-electron chi connectivity index (χ1n) is 4.62. The lowest BCUT2D eigenvalue weighted by Crippen LogP contribution is -2.37. The lowest BCUT2D eigenvalue weighted by Gasteiger charge is -2.25. The van der Waals surface area contributed by atoms with Gasteiger partial charge in [0.2, 0.25) is 0 Å². The quantitative estimate of drug-likeness (QED) is 0.600. The first-order chi connectivity index (χ1) is 6.77. The van der Waals surface area contributed by atoms with Gasteiger partial charge in [-0.15, -0.1) is 5.06 Å². The van der Waals surface area contributed by atoms with Crippen LogP contribution in [0.3, 0.4) is 0 Å². The van der Waals surface area contributed by atoms with E-state index in [1.54, 1.807) is 0 Å². The summed E-state index contributed by atoms with van der Waals surface area (Å²) in [5.74, 6) is -0.881. The molecule has 0 aliphatic carbocycles. The second-order valence-electron chi connectivity index (χ2n) is 3.21. The number of hydrogen-bond donors (Lipinski definition) is 0. The second-order valence-corrected chi connectivity index (χ2v) is 3.21. The van der Waals surface area contributed by atoms with Crippen LogP contribution < -0.4 is 0 Å². The maximum atomic E-state index is 11.1. The first kappa shape index (κ1) is 9.36. The van der Waals surface area contributed by atoms with Gasteiger partial charge in [0, 0.05) is 25.2 Å². The third-order valence-electron chi connectivity index (χ3n) is 2.13. The minimum Gasteiger partial charge on any atom is -0.350 e. The zero-order valence-electron chi connectivity index (χ0n) is 7.64. The van der Waals surface area contributed by atoms with E-state index in [1.807, 2.05) is 0 Å². The van der Waals surface area contributed by atoms with Crippen LogP contribution in [-0.2, 0) is 19.2 Å². The van der Waals surface area contributed by atoms with Crippen molar-refractivity contribution in [3.05, 3.63) is 12.2 Å². The topological polar surface area (TPSA) is 55.8 Å². The fourth-order valence-electron chi connectivity index (χ4n) is 1.40. The lowest BCUT2D eigenvalue weighted by molar-refractivity contribution is -0.266. The van der Waals surface area contributed by atoms with Crippen LogP contribution in [0.15, 0.2) is 12.2 Å². The molecule has 0 N–H and O–H groups in total. The molecule has 0 radical (unpaired) electrons. The van der Waals surface area contributed by atoms with Crippen molar-refractivity contribution in [2.75, 3.05) is 6.61 Å². The van der Waals surface area contributed by atoms with E-state index in [0.717, 1.165) is 24.3 Å². The van der Waals surface area contributed by atoms with Gasteiger partial charge in [-0.3, -0.25) is 9.59 Å². The van der Waals surface area contributed by atoms with E-state index in [2.05, 4.69) is 0 Å². The Balaban J connectivity index is 1.90. The zero-order valence-corrected chi connectivity index (χ0v) is 7.64. The molecule has 76 valence electrons. The molecule has 0 aromatic rings. The van der Waals surface area contributed by atoms with Gasteiger partial charge in [0.15, 0.2) is 6.29 Å². The van der Waals surface area contributed by atoms with E-state index in [1.165, 1.54) is 12.2 Å². The van der Waals surface area contributed by atoms with Crippen LogP contribution in [0, 0.1) is 0 Å². The fraction of sp³-hybridized carbons (Fsp3) is 0.556. The highest BCUT2D eigenvalue weighted by molar-refractivity contribution is 6.11. The van der Waals surface area contributed by atoms with E-state index in [0.29, 0.717) is 6.61 Å². The molecule has 2 rings (SSSR count). The molecule has 14 heavy (non-hydrogen) atoms. The van der Waals surface area contributed by atoms with Gasteiger partial charge >= 0.3 is 0 Å². The maximum absolute atomic E-state index is 11.1. The average Bonchev–Trinajstić information content (AvgIpc) is 2.51. The number of carbonyl (C=O) groups is 2. The number of rotatable bonds is 2. The standard InChI is InChI=1S/C9H11NO4/c11-7-4-5-8(12)10(7)14-9-3-1-2-6-13-9/h4-5,9H,1-3,6H2. The SMILES string of the molecule is O=C1C=CC(=O)N1OC1CCCCO1. The Morgan fingerprint density at radius 1 is 1.29 bits per heavy atom. The van der Waals surface area contributed by atoms with Gasteiger partial charge in [0.1, 0.15) is 0 Å². The second kappa shape index (κ2) is 3.89. The normalized spacial score (nSPS) is 27.4. The molecular formula is C9H11NO4. The molecule has 1 unspecified atom stereocenters. The van der Waals surface area contributed by atoms with Crippen LogP contribution in [0.1, 0.15) is 19.3 Å². The highest BCUT2D eigenvalue weighted by Crippen LogP contribution is 2.17. The number of hydrogen-bond acceptors (Lipinski definition) is 4. The van der Waals surface area contributed by atoms with Crippen molar-refractivity contribution in [3.63, 3.8) is 0 Å². The Labute approximate surface area is 81.2 Å². The third kappa shape index (κ3) is 1.83. The molecule has 2 amide bonds. The lowest BCUT2D eigenvalue weighted by atomic mass is 10.2. The fourth-order valence-corrected chi connectivity index (χ4v) is 1.40. The van der Waals surface area contributed by atoms with Crippen molar-refractivity contribution in [1.82, 2.24) is 5.06 Å². The summed E-state index contributed by atoms with van der Waals surface area (Å²) in [4.78, 5) is 27.3. The number of amides is 2. The maximum Gasteiger partial charge on any atom is 0.278 e. The molecule has 5 heteroatoms. The summed E-state index contributed by atoms with van der Waals surface area (Å²) >= 11 is 0. The van der Waals surface area contributed by atoms with Crippen LogP contribution >= 0.6 is 0 Å². The van der Waals surface area contributed by atoms with Gasteiger partial charge in [0.25, 0.3) is 11.8 Å². The van der Waals surface area contributed by atoms with E-state index in [-0.39, 0.29) is 0 Å². The molecule has 2 aliphatic heterocycles. The van der Waals surface area contributed by atoms with Crippen molar-refractivity contribution >= 4 is 11.8 Å². The molecule has 5 nitrogen and oxygen atoms in total. The Bertz CT molecular complexity index is 263. The average molecular weight is 197 g/mol. The van der Waals surface area contributed by atoms with Crippen LogP contribution in [0.2, 0.25) is 0 Å². The summed E-state index contributed by atoms with van der Waals surface area (Å²) in [6.45, 7) is 0.619. The molecule has 2 aliphatic rings. The molecule has 1 saturated heterocycles. The van der Waals surface area contributed by atoms with Crippen molar-refractivity contribution in [2.24, 2.45) is 0 Å². The number of hydroxylamine groups is 2. The molecule has 1 fully saturated rings. The third-order valence-corrected chi connectivity index (χ3v) is 2.13. The van der Waals surface area contributed by atoms with Gasteiger partial charge in [0.05, 0.1) is 0 Å². The molecule has 2 heterocycles. The highest BCUT2D eigenvalue weighted by Gasteiger charge is 2.28. The van der Waals surface area contributed by atoms with Crippen molar-refractivity contribution in [2.45, 2.75) is 25.6 Å². The van der Waals surface area contributed by atoms with Crippen molar-refractivity contribution in [1.29, 1.82) is 0 Å². The predicted molar refractivity (Wildman–Crippen MR) is 45.7 cm³/mol. The molecule has 0 saturated carbocycles.